The standard InChI is InChI=1S/C25H45O5S2Si.3CH3.Sn/c1-8-22(24(27)28-4)23(26)25(31-14-10-15-32-25)17-20(2)11-9-12-21(3)18-30-19-29-13-16-33(5,6)7;;;;/h12,20,22-23,26H,1,9-11,13-19H2,2-7H3;3*1H3;/b21-12+;;;;/t20-,22?,23?;;;;/m0..../s1. The van der Waals surface area contributed by atoms with Gasteiger partial charge in [0.05, 0.1) is 0 Å². The van der Waals surface area contributed by atoms with E-state index in [-0.39, 0.29) is 5.97 Å². The number of aliphatic hydroxyl groups excluding tert-OH is 1. The van der Waals surface area contributed by atoms with Crippen LogP contribution in [0.1, 0.15) is 39.5 Å². The maximum absolute atomic E-state index is 12.9. The minimum absolute atomic E-state index is 0.342. The SMILES string of the molecule is C=[C](C(C(=O)OC)C(O)C1(C[C@@H](C)CC/C=C(\C)COCOCC[Si](C)(C)C)SCCCS1)[Sn]([CH3])([CH3])[CH3]. The molecule has 0 amide bonds. The van der Waals surface area contributed by atoms with Crippen molar-refractivity contribution in [3.8, 4) is 0 Å². The van der Waals surface area contributed by atoms with Gasteiger partial charge in [0, 0.05) is 14.7 Å². The number of esters is 1. The molecule has 0 aromatic rings. The Balaban J connectivity index is 2.72. The van der Waals surface area contributed by atoms with Crippen molar-refractivity contribution in [2.75, 3.05) is 38.6 Å². The second kappa shape index (κ2) is 16.7. The van der Waals surface area contributed by atoms with Crippen molar-refractivity contribution < 1.29 is 24.1 Å². The Labute approximate surface area is 241 Å². The molecule has 0 aromatic carbocycles. The first-order chi connectivity index (χ1) is 17.1. The molecule has 0 radical (unpaired) electrons. The molecular weight excluding hydrogens is 627 g/mol. The molecule has 0 spiro atoms. The second-order valence-corrected chi connectivity index (χ2v) is 36.1. The summed E-state index contributed by atoms with van der Waals surface area (Å²) in [6, 6.07) is 1.16. The van der Waals surface area contributed by atoms with Gasteiger partial charge in [0.25, 0.3) is 0 Å². The molecule has 1 rings (SSSR count). The topological polar surface area (TPSA) is 65.0 Å². The Kier molecular flexibility index (Phi) is 16.1. The molecule has 1 aliphatic rings. The van der Waals surface area contributed by atoms with Crippen molar-refractivity contribution in [1.82, 2.24) is 0 Å². The van der Waals surface area contributed by atoms with Crippen LogP contribution in [0, 0.1) is 11.8 Å². The van der Waals surface area contributed by atoms with Crippen LogP contribution in [0.3, 0.4) is 0 Å². The number of rotatable bonds is 17. The summed E-state index contributed by atoms with van der Waals surface area (Å²) in [6.45, 7) is 17.5. The number of hydrogen-bond donors (Lipinski definition) is 1. The van der Waals surface area contributed by atoms with E-state index < -0.39 is 42.6 Å². The van der Waals surface area contributed by atoms with Crippen molar-refractivity contribution in [2.45, 2.75) is 90.2 Å². The zero-order chi connectivity index (χ0) is 28.3. The van der Waals surface area contributed by atoms with Gasteiger partial charge in [0.1, 0.15) is 6.79 Å². The van der Waals surface area contributed by atoms with E-state index in [1.54, 1.807) is 0 Å². The van der Waals surface area contributed by atoms with Gasteiger partial charge < -0.3 is 4.74 Å². The summed E-state index contributed by atoms with van der Waals surface area (Å²) >= 11 is 1.000. The van der Waals surface area contributed by atoms with Gasteiger partial charge in [-0.1, -0.05) is 19.6 Å². The van der Waals surface area contributed by atoms with Crippen LogP contribution >= 0.6 is 23.5 Å². The first-order valence-electron chi connectivity index (χ1n) is 13.7. The van der Waals surface area contributed by atoms with E-state index in [1.807, 2.05) is 23.5 Å². The molecule has 0 bridgehead atoms. The molecule has 0 aliphatic carbocycles. The Morgan fingerprint density at radius 3 is 2.35 bits per heavy atom. The number of carbonyl (C=O) groups excluding carboxylic acids is 1. The molecule has 1 saturated heterocycles. The third-order valence-electron chi connectivity index (χ3n) is 6.82. The first kappa shape index (κ1) is 35.6. The second-order valence-electron chi connectivity index (χ2n) is 12.7. The van der Waals surface area contributed by atoms with Gasteiger partial charge >= 0.3 is 191 Å². The predicted molar refractivity (Wildman–Crippen MR) is 168 cm³/mol. The Hall–Kier alpha value is 0.546. The van der Waals surface area contributed by atoms with Crippen molar-refractivity contribution in [3.63, 3.8) is 0 Å². The van der Waals surface area contributed by atoms with E-state index in [4.69, 9.17) is 14.2 Å². The van der Waals surface area contributed by atoms with Gasteiger partial charge in [-0.3, -0.25) is 0 Å². The zero-order valence-corrected chi connectivity index (χ0v) is 30.5. The van der Waals surface area contributed by atoms with Crippen LogP contribution in [0.5, 0.6) is 0 Å². The fraction of sp³-hybridized carbons (Fsp3) is 0.821. The van der Waals surface area contributed by atoms with E-state index in [0.717, 1.165) is 53.4 Å². The van der Waals surface area contributed by atoms with Crippen LogP contribution in [-0.4, -0.2) is 86.3 Å². The molecule has 1 aliphatic heterocycles. The van der Waals surface area contributed by atoms with E-state index in [9.17, 15) is 9.90 Å². The minimum atomic E-state index is -2.66. The van der Waals surface area contributed by atoms with Gasteiger partial charge in [-0.2, -0.15) is 0 Å². The third-order valence-corrected chi connectivity index (χ3v) is 18.4. The van der Waals surface area contributed by atoms with Crippen molar-refractivity contribution in [2.24, 2.45) is 11.8 Å². The number of ether oxygens (including phenoxy) is 3. The van der Waals surface area contributed by atoms with Gasteiger partial charge in [-0.15, -0.1) is 0 Å². The molecule has 1 heterocycles. The van der Waals surface area contributed by atoms with Gasteiger partial charge in [-0.25, -0.2) is 0 Å². The van der Waals surface area contributed by atoms with Crippen LogP contribution in [0.4, 0.5) is 0 Å². The molecule has 2 unspecified atom stereocenters. The Bertz CT molecular complexity index is 742. The normalized spacial score (nSPS) is 19.2. The summed E-state index contributed by atoms with van der Waals surface area (Å²) in [7, 11) is 0.358. The Morgan fingerprint density at radius 1 is 1.19 bits per heavy atom. The number of allylic oxidation sites excluding steroid dienone is 1. The number of carbonyl (C=O) groups is 1. The van der Waals surface area contributed by atoms with E-state index in [1.165, 1.54) is 12.7 Å². The molecule has 3 atom stereocenters. The summed E-state index contributed by atoms with van der Waals surface area (Å²) in [5.74, 6) is 1.44. The van der Waals surface area contributed by atoms with Crippen LogP contribution in [0.25, 0.3) is 0 Å². The summed E-state index contributed by atoms with van der Waals surface area (Å²) < 4.78 is 17.0. The van der Waals surface area contributed by atoms with Crippen molar-refractivity contribution >= 4 is 55.9 Å². The monoisotopic (exact) mass is 682 g/mol. The number of hydrogen-bond acceptors (Lipinski definition) is 7. The first-order valence-corrected chi connectivity index (χ1v) is 29.3. The molecule has 9 heteroatoms. The molecule has 1 N–H and O–H groups in total. The van der Waals surface area contributed by atoms with Crippen molar-refractivity contribution in [3.05, 3.63) is 21.8 Å². The zero-order valence-electron chi connectivity index (χ0n) is 25.0. The van der Waals surface area contributed by atoms with E-state index >= 15 is 0 Å². The van der Waals surface area contributed by atoms with Crippen LogP contribution < -0.4 is 0 Å². The molecule has 0 aromatic heterocycles. The third kappa shape index (κ3) is 13.2. The fourth-order valence-electron chi connectivity index (χ4n) is 4.27. The average molecular weight is 682 g/mol. The van der Waals surface area contributed by atoms with Crippen LogP contribution in [-0.2, 0) is 19.0 Å². The summed E-state index contributed by atoms with van der Waals surface area (Å²) in [6.07, 6.45) is 5.45. The van der Waals surface area contributed by atoms with Gasteiger partial charge in [0.15, 0.2) is 0 Å². The number of methoxy groups -OCH3 is 1. The van der Waals surface area contributed by atoms with Crippen LogP contribution in [0.2, 0.25) is 40.5 Å². The average Bonchev–Trinajstić information content (AvgIpc) is 2.80. The number of thioether (sulfide) groups is 2. The summed E-state index contributed by atoms with van der Waals surface area (Å²) in [4.78, 5) is 19.6. The number of aliphatic hydroxyl groups is 1. The Morgan fingerprint density at radius 2 is 1.81 bits per heavy atom. The van der Waals surface area contributed by atoms with Crippen molar-refractivity contribution in [1.29, 1.82) is 0 Å². The molecule has 216 valence electrons. The van der Waals surface area contributed by atoms with Crippen LogP contribution in [0.15, 0.2) is 21.8 Å². The maximum atomic E-state index is 12.9. The van der Waals surface area contributed by atoms with Gasteiger partial charge in [0.2, 0.25) is 0 Å². The summed E-state index contributed by atoms with van der Waals surface area (Å²) in [5, 5.41) is 11.8. The van der Waals surface area contributed by atoms with E-state index in [0.29, 0.717) is 19.3 Å². The molecule has 0 saturated carbocycles. The molecule has 5 nitrogen and oxygen atoms in total. The predicted octanol–water partition coefficient (Wildman–Crippen LogP) is 7.22. The molecule has 1 fully saturated rings. The molecular formula is C28H54O5S2SiSn. The summed E-state index contributed by atoms with van der Waals surface area (Å²) in [5.41, 5.74) is 1.22. The quantitative estimate of drug-likeness (QED) is 0.0572. The molecule has 37 heavy (non-hydrogen) atoms. The van der Waals surface area contributed by atoms with E-state index in [2.05, 4.69) is 61.0 Å². The van der Waals surface area contributed by atoms with Gasteiger partial charge in [-0.05, 0) is 6.04 Å². The fourth-order valence-corrected chi connectivity index (χ4v) is 12.2.